The van der Waals surface area contributed by atoms with Crippen molar-refractivity contribution in [3.8, 4) is 0 Å². The van der Waals surface area contributed by atoms with Crippen molar-refractivity contribution >= 4 is 39.1 Å². The molecule has 0 saturated heterocycles. The Balaban J connectivity index is 2.28. The molecule has 100 valence electrons. The molecular formula is C14H11BrCl2FN. The number of rotatable bonds is 3. The zero-order valence-corrected chi connectivity index (χ0v) is 12.9. The Hall–Kier alpha value is -0.610. The summed E-state index contributed by atoms with van der Waals surface area (Å²) in [7, 11) is 0. The van der Waals surface area contributed by atoms with Crippen LogP contribution in [0.25, 0.3) is 0 Å². The van der Waals surface area contributed by atoms with Crippen molar-refractivity contribution in [1.82, 2.24) is 0 Å². The lowest BCUT2D eigenvalue weighted by molar-refractivity contribution is 0.579. The van der Waals surface area contributed by atoms with Gasteiger partial charge in [-0.3, -0.25) is 0 Å². The first-order valence-electron chi connectivity index (χ1n) is 5.62. The van der Waals surface area contributed by atoms with Gasteiger partial charge < -0.3 is 5.73 Å². The molecule has 19 heavy (non-hydrogen) atoms. The lowest BCUT2D eigenvalue weighted by Gasteiger charge is -2.15. The lowest BCUT2D eigenvalue weighted by atomic mass is 9.99. The molecule has 0 aromatic heterocycles. The van der Waals surface area contributed by atoms with E-state index in [0.29, 0.717) is 26.5 Å². The molecule has 0 saturated carbocycles. The average molecular weight is 363 g/mol. The second-order valence-corrected chi connectivity index (χ2v) is 5.86. The van der Waals surface area contributed by atoms with Crippen LogP contribution < -0.4 is 5.73 Å². The molecule has 0 bridgehead atoms. The highest BCUT2D eigenvalue weighted by Crippen LogP contribution is 2.30. The Bertz CT molecular complexity index is 604. The Morgan fingerprint density at radius 2 is 1.84 bits per heavy atom. The van der Waals surface area contributed by atoms with Gasteiger partial charge in [-0.1, -0.05) is 41.4 Å². The summed E-state index contributed by atoms with van der Waals surface area (Å²) < 4.78 is 14.4. The summed E-state index contributed by atoms with van der Waals surface area (Å²) in [5, 5.41) is 1.06. The van der Waals surface area contributed by atoms with Gasteiger partial charge in [-0.05, 0) is 46.1 Å². The summed E-state index contributed by atoms with van der Waals surface area (Å²) in [5.41, 5.74) is 7.31. The van der Waals surface area contributed by atoms with E-state index >= 15 is 0 Å². The fourth-order valence-corrected chi connectivity index (χ4v) is 2.53. The standard InChI is InChI=1S/C14H11BrCl2FN/c15-10-7-13(18)9(6-12(10)17)14(19)5-8-3-1-2-4-11(8)16/h1-4,6-7,14H,5,19H2. The molecule has 1 nitrogen and oxygen atoms in total. The maximum absolute atomic E-state index is 13.9. The first-order chi connectivity index (χ1) is 8.99. The van der Waals surface area contributed by atoms with Crippen molar-refractivity contribution in [2.45, 2.75) is 12.5 Å². The molecule has 1 atom stereocenters. The summed E-state index contributed by atoms with van der Waals surface area (Å²) in [4.78, 5) is 0. The maximum atomic E-state index is 13.9. The summed E-state index contributed by atoms with van der Waals surface area (Å²) in [6.07, 6.45) is 0.453. The topological polar surface area (TPSA) is 26.0 Å². The minimum Gasteiger partial charge on any atom is -0.324 e. The summed E-state index contributed by atoms with van der Waals surface area (Å²) in [6, 6.07) is 9.75. The second kappa shape index (κ2) is 6.23. The average Bonchev–Trinajstić information content (AvgIpc) is 2.36. The van der Waals surface area contributed by atoms with Gasteiger partial charge in [0.05, 0.1) is 5.02 Å². The van der Waals surface area contributed by atoms with Gasteiger partial charge in [0.2, 0.25) is 0 Å². The number of nitrogens with two attached hydrogens (primary N) is 1. The minimum atomic E-state index is -0.495. The largest absolute Gasteiger partial charge is 0.324 e. The van der Waals surface area contributed by atoms with Crippen molar-refractivity contribution in [3.63, 3.8) is 0 Å². The van der Waals surface area contributed by atoms with Gasteiger partial charge in [0.25, 0.3) is 0 Å². The van der Waals surface area contributed by atoms with Gasteiger partial charge in [0.15, 0.2) is 0 Å². The molecule has 0 amide bonds. The smallest absolute Gasteiger partial charge is 0.129 e. The minimum absolute atomic E-state index is 0.379. The zero-order valence-electron chi connectivity index (χ0n) is 9.84. The molecule has 0 spiro atoms. The van der Waals surface area contributed by atoms with Crippen LogP contribution in [-0.4, -0.2) is 0 Å². The van der Waals surface area contributed by atoms with Crippen LogP contribution in [0, 0.1) is 5.82 Å². The van der Waals surface area contributed by atoms with Gasteiger partial charge in [0, 0.05) is 21.1 Å². The Kier molecular flexibility index (Phi) is 4.85. The van der Waals surface area contributed by atoms with E-state index in [-0.39, 0.29) is 5.82 Å². The highest BCUT2D eigenvalue weighted by Gasteiger charge is 2.15. The molecular weight excluding hydrogens is 352 g/mol. The Morgan fingerprint density at radius 3 is 2.53 bits per heavy atom. The van der Waals surface area contributed by atoms with Gasteiger partial charge in [0.1, 0.15) is 5.82 Å². The highest BCUT2D eigenvalue weighted by atomic mass is 79.9. The van der Waals surface area contributed by atoms with E-state index in [1.165, 1.54) is 6.07 Å². The van der Waals surface area contributed by atoms with Gasteiger partial charge in [-0.15, -0.1) is 0 Å². The predicted molar refractivity (Wildman–Crippen MR) is 81.2 cm³/mol. The molecule has 0 radical (unpaired) electrons. The number of hydrogen-bond acceptors (Lipinski definition) is 1. The molecule has 0 heterocycles. The van der Waals surface area contributed by atoms with Crippen LogP contribution in [0.4, 0.5) is 4.39 Å². The molecule has 0 aliphatic rings. The van der Waals surface area contributed by atoms with Crippen molar-refractivity contribution in [3.05, 3.63) is 67.9 Å². The monoisotopic (exact) mass is 361 g/mol. The summed E-state index contributed by atoms with van der Waals surface area (Å²) in [6.45, 7) is 0. The third-order valence-corrected chi connectivity index (χ3v) is 4.40. The van der Waals surface area contributed by atoms with E-state index in [1.54, 1.807) is 12.1 Å². The zero-order chi connectivity index (χ0) is 14.0. The third-order valence-electron chi connectivity index (χ3n) is 2.84. The Morgan fingerprint density at radius 1 is 1.16 bits per heavy atom. The van der Waals surface area contributed by atoms with Crippen molar-refractivity contribution < 1.29 is 4.39 Å². The normalized spacial score (nSPS) is 12.5. The van der Waals surface area contributed by atoms with Gasteiger partial charge in [-0.2, -0.15) is 0 Å². The van der Waals surface area contributed by atoms with Crippen LogP contribution in [0.3, 0.4) is 0 Å². The SMILES string of the molecule is NC(Cc1ccccc1Cl)c1cc(Cl)c(Br)cc1F. The Labute approximate surface area is 129 Å². The predicted octanol–water partition coefficient (Wildman–Crippen LogP) is 5.14. The van der Waals surface area contributed by atoms with Crippen LogP contribution in [-0.2, 0) is 6.42 Å². The van der Waals surface area contributed by atoms with E-state index < -0.39 is 6.04 Å². The molecule has 5 heteroatoms. The first-order valence-corrected chi connectivity index (χ1v) is 7.17. The van der Waals surface area contributed by atoms with Crippen molar-refractivity contribution in [2.24, 2.45) is 5.73 Å². The molecule has 0 fully saturated rings. The number of halogens is 4. The van der Waals surface area contributed by atoms with E-state index in [1.807, 2.05) is 18.2 Å². The van der Waals surface area contributed by atoms with Gasteiger partial charge >= 0.3 is 0 Å². The first kappa shape index (κ1) is 14.8. The second-order valence-electron chi connectivity index (χ2n) is 4.19. The molecule has 2 rings (SSSR count). The maximum Gasteiger partial charge on any atom is 0.129 e. The highest BCUT2D eigenvalue weighted by molar-refractivity contribution is 9.10. The molecule has 2 N–H and O–H groups in total. The van der Waals surface area contributed by atoms with Crippen LogP contribution >= 0.6 is 39.1 Å². The number of benzene rings is 2. The summed E-state index contributed by atoms with van der Waals surface area (Å²) >= 11 is 15.2. The van der Waals surface area contributed by atoms with Crippen LogP contribution in [0.2, 0.25) is 10.0 Å². The molecule has 0 aliphatic heterocycles. The van der Waals surface area contributed by atoms with Crippen molar-refractivity contribution in [1.29, 1.82) is 0 Å². The van der Waals surface area contributed by atoms with Crippen LogP contribution in [0.1, 0.15) is 17.2 Å². The lowest BCUT2D eigenvalue weighted by Crippen LogP contribution is -2.15. The van der Waals surface area contributed by atoms with Crippen LogP contribution in [0.15, 0.2) is 40.9 Å². The number of hydrogen-bond donors (Lipinski definition) is 1. The van der Waals surface area contributed by atoms with Crippen molar-refractivity contribution in [2.75, 3.05) is 0 Å². The van der Waals surface area contributed by atoms with E-state index in [9.17, 15) is 4.39 Å². The van der Waals surface area contributed by atoms with E-state index in [2.05, 4.69) is 15.9 Å². The summed E-state index contributed by atoms with van der Waals surface area (Å²) in [5.74, 6) is -0.379. The molecule has 1 unspecified atom stereocenters. The van der Waals surface area contributed by atoms with E-state index in [0.717, 1.165) is 5.56 Å². The quantitative estimate of drug-likeness (QED) is 0.752. The molecule has 2 aromatic rings. The van der Waals surface area contributed by atoms with Crippen LogP contribution in [0.5, 0.6) is 0 Å². The van der Waals surface area contributed by atoms with E-state index in [4.69, 9.17) is 28.9 Å². The van der Waals surface area contributed by atoms with Gasteiger partial charge in [-0.25, -0.2) is 4.39 Å². The molecule has 0 aliphatic carbocycles. The fraction of sp³-hybridized carbons (Fsp3) is 0.143. The molecule has 2 aromatic carbocycles. The fourth-order valence-electron chi connectivity index (χ4n) is 1.83. The third kappa shape index (κ3) is 3.48.